The summed E-state index contributed by atoms with van der Waals surface area (Å²) < 4.78 is 1.41. The third-order valence-corrected chi connectivity index (χ3v) is 3.17. The number of hydrogen-bond acceptors (Lipinski definition) is 3. The van der Waals surface area contributed by atoms with Crippen molar-refractivity contribution in [1.29, 1.82) is 0 Å². The van der Waals surface area contributed by atoms with Gasteiger partial charge in [-0.3, -0.25) is 14.4 Å². The van der Waals surface area contributed by atoms with Crippen molar-refractivity contribution in [2.45, 2.75) is 19.3 Å². The van der Waals surface area contributed by atoms with Crippen molar-refractivity contribution >= 4 is 20.4 Å². The van der Waals surface area contributed by atoms with Crippen molar-refractivity contribution in [2.75, 3.05) is 0 Å². The van der Waals surface area contributed by atoms with Gasteiger partial charge >= 0.3 is 69.8 Å². The Balaban J connectivity index is 0. The fourth-order valence-electron chi connectivity index (χ4n) is 1.98. The van der Waals surface area contributed by atoms with Gasteiger partial charge in [-0.25, -0.2) is 0 Å². The van der Waals surface area contributed by atoms with Gasteiger partial charge in [-0.15, -0.1) is 0 Å². The maximum atomic E-state index is 7.50. The number of carbonyl (C=O) groups excluding carboxylic acids is 3. The molecule has 2 rings (SSSR count). The molecule has 2 atom stereocenters. The van der Waals surface area contributed by atoms with E-state index in [0.29, 0.717) is 0 Å². The second-order valence-corrected chi connectivity index (χ2v) is 3.82. The van der Waals surface area contributed by atoms with Crippen LogP contribution in [-0.2, 0) is 30.4 Å². The standard InChI is InChI=1S/C9H11.3CO.Mn/c1-2-5-9-7-3-6-8(9)4-1;3*1-2;/h1-2,4,8-9H,3,6-7H2;;;;. The van der Waals surface area contributed by atoms with E-state index in [-0.39, 0.29) is 0 Å². The Morgan fingerprint density at radius 1 is 1.06 bits per heavy atom. The first-order valence-corrected chi connectivity index (χ1v) is 5.12. The molecule has 0 heterocycles. The minimum absolute atomic E-state index is 0.824. The normalized spacial score (nSPS) is 24.2. The predicted molar refractivity (Wildman–Crippen MR) is 55.1 cm³/mol. The van der Waals surface area contributed by atoms with E-state index in [1.165, 1.54) is 23.7 Å². The molecule has 4 heteroatoms. The van der Waals surface area contributed by atoms with E-state index in [0.717, 1.165) is 11.8 Å². The molecule has 0 N–H and O–H groups in total. The number of fused-ring (bicyclic) bond motifs is 1. The van der Waals surface area contributed by atoms with Gasteiger partial charge in [-0.05, 0) is 0 Å². The molecule has 1 fully saturated rings. The molecule has 0 saturated heterocycles. The molecule has 6 radical (unpaired) electrons. The monoisotopic (exact) mass is 258 g/mol. The van der Waals surface area contributed by atoms with E-state index in [9.17, 15) is 0 Å². The third-order valence-electron chi connectivity index (χ3n) is 2.54. The first kappa shape index (κ1) is 17.4. The average Bonchev–Trinajstić information content (AvgIpc) is 2.87. The van der Waals surface area contributed by atoms with Gasteiger partial charge in [0.05, 0.1) is 0 Å². The molecule has 0 bridgehead atoms. The summed E-state index contributed by atoms with van der Waals surface area (Å²) in [6.45, 7) is 13.5. The Morgan fingerprint density at radius 2 is 1.62 bits per heavy atom. The van der Waals surface area contributed by atoms with E-state index in [4.69, 9.17) is 14.4 Å². The van der Waals surface area contributed by atoms with Gasteiger partial charge in [0.1, 0.15) is 0 Å². The minimum atomic E-state index is 0.824. The van der Waals surface area contributed by atoms with Gasteiger partial charge in [-0.1, -0.05) is 0 Å². The summed E-state index contributed by atoms with van der Waals surface area (Å²) in [4.78, 5) is 22.5. The quantitative estimate of drug-likeness (QED) is 0.614. The Labute approximate surface area is 105 Å². The van der Waals surface area contributed by atoms with E-state index in [1.54, 1.807) is 0 Å². The molecule has 2 aliphatic rings. The summed E-state index contributed by atoms with van der Waals surface area (Å²) in [7, 11) is 0. The van der Waals surface area contributed by atoms with Crippen molar-refractivity contribution < 1.29 is 30.4 Å². The zero-order valence-corrected chi connectivity index (χ0v) is 9.79. The topological polar surface area (TPSA) is 51.2 Å². The van der Waals surface area contributed by atoms with Crippen molar-refractivity contribution in [1.82, 2.24) is 0 Å². The summed E-state index contributed by atoms with van der Waals surface area (Å²) in [5.74, 6) is 1.67. The molecule has 0 amide bonds. The summed E-state index contributed by atoms with van der Waals surface area (Å²) in [5, 5.41) is 0. The van der Waals surface area contributed by atoms with Crippen LogP contribution in [0.1, 0.15) is 19.3 Å². The Morgan fingerprint density at radius 3 is 2.12 bits per heavy atom. The molecule has 0 aromatic rings. The summed E-state index contributed by atoms with van der Waals surface area (Å²) in [6.07, 6.45) is 10.9. The molecule has 0 aromatic carbocycles. The summed E-state index contributed by atoms with van der Waals surface area (Å²) in [6, 6.07) is 0. The summed E-state index contributed by atoms with van der Waals surface area (Å²) in [5.41, 5.74) is 0. The summed E-state index contributed by atoms with van der Waals surface area (Å²) >= 11 is 3.61. The van der Waals surface area contributed by atoms with Crippen LogP contribution in [0.4, 0.5) is 0 Å². The fourth-order valence-corrected chi connectivity index (χ4v) is 2.51. The number of allylic oxidation sites excluding steroid dienone is 4. The zero-order valence-electron chi connectivity index (χ0n) is 8.61. The number of hydrogen-bond donors (Lipinski definition) is 0. The molecule has 2 aliphatic carbocycles. The number of rotatable bonds is 0. The predicted octanol–water partition coefficient (Wildman–Crippen LogP) is 1.21. The van der Waals surface area contributed by atoms with Crippen LogP contribution in [0.25, 0.3) is 0 Å². The van der Waals surface area contributed by atoms with Gasteiger partial charge in [0.25, 0.3) is 20.4 Å². The van der Waals surface area contributed by atoms with Crippen LogP contribution < -0.4 is 0 Å². The van der Waals surface area contributed by atoms with Crippen molar-refractivity contribution in [3.8, 4) is 0 Å². The molecule has 16 heavy (non-hydrogen) atoms. The van der Waals surface area contributed by atoms with Crippen molar-refractivity contribution in [3.05, 3.63) is 22.7 Å². The van der Waals surface area contributed by atoms with Crippen LogP contribution in [0.15, 0.2) is 22.7 Å². The molecule has 84 valence electrons. The van der Waals surface area contributed by atoms with Crippen molar-refractivity contribution in [3.63, 3.8) is 0 Å². The Bertz CT molecular complexity index is 234. The molecule has 0 spiro atoms. The molecular formula is C12H11MnO3. The molecule has 0 aromatic heterocycles. The first-order chi connectivity index (χ1) is 7.88. The van der Waals surface area contributed by atoms with Gasteiger partial charge in [0.2, 0.25) is 0 Å². The third kappa shape index (κ3) is 5.19. The van der Waals surface area contributed by atoms with E-state index >= 15 is 0 Å². The molecule has 0 aliphatic heterocycles. The van der Waals surface area contributed by atoms with Gasteiger partial charge in [-0.2, -0.15) is 0 Å². The van der Waals surface area contributed by atoms with Crippen LogP contribution >= 0.6 is 0 Å². The van der Waals surface area contributed by atoms with E-state index in [2.05, 4.69) is 54.6 Å². The van der Waals surface area contributed by atoms with Crippen LogP contribution in [0.5, 0.6) is 0 Å². The van der Waals surface area contributed by atoms with Crippen LogP contribution in [0.2, 0.25) is 0 Å². The van der Waals surface area contributed by atoms with Gasteiger partial charge in [0, 0.05) is 0 Å². The fraction of sp³-hybridized carbons (Fsp3) is 0.417. The second kappa shape index (κ2) is 12.1. The van der Waals surface area contributed by atoms with Crippen LogP contribution in [0.3, 0.4) is 0 Å². The Kier molecular flexibility index (Phi) is 13.1. The van der Waals surface area contributed by atoms with Crippen molar-refractivity contribution in [2.24, 2.45) is 11.8 Å². The first-order valence-electron chi connectivity index (χ1n) is 4.53. The molecule has 1 saturated carbocycles. The molecular weight excluding hydrogens is 247 g/mol. The second-order valence-electron chi connectivity index (χ2n) is 3.14. The molecule has 3 nitrogen and oxygen atoms in total. The zero-order chi connectivity index (χ0) is 13.0. The maximum absolute atomic E-state index is 7.50. The SMILES string of the molecule is [C]=O.[C]=O.[C]=O.[Mn][C]1=CC=CC2CCCC12. The van der Waals surface area contributed by atoms with E-state index < -0.39 is 0 Å². The average molecular weight is 258 g/mol. The van der Waals surface area contributed by atoms with Gasteiger partial charge in [0.15, 0.2) is 0 Å². The van der Waals surface area contributed by atoms with Crippen LogP contribution in [0, 0.1) is 11.8 Å². The molecule has 2 unspecified atom stereocenters. The Hall–Kier alpha value is -0.991. The van der Waals surface area contributed by atoms with E-state index in [1.807, 2.05) is 0 Å². The van der Waals surface area contributed by atoms with Crippen LogP contribution in [-0.4, -0.2) is 20.4 Å². The van der Waals surface area contributed by atoms with Gasteiger partial charge < -0.3 is 0 Å².